The Morgan fingerprint density at radius 3 is 2.76 bits per heavy atom. The number of aromatic amines is 1. The number of carboxylic acids is 1. The molecule has 0 amide bonds. The van der Waals surface area contributed by atoms with Gasteiger partial charge in [-0.25, -0.2) is 4.79 Å². The molecule has 2 fully saturated rings. The molecule has 180 valence electrons. The molecule has 2 aliphatic heterocycles. The summed E-state index contributed by atoms with van der Waals surface area (Å²) in [5.41, 5.74) is 4.85. The van der Waals surface area contributed by atoms with Crippen molar-refractivity contribution in [3.05, 3.63) is 64.8 Å². The van der Waals surface area contributed by atoms with Crippen molar-refractivity contribution in [1.82, 2.24) is 9.88 Å². The molecule has 0 radical (unpaired) electrons. The lowest BCUT2D eigenvalue weighted by molar-refractivity contribution is -0.115. The van der Waals surface area contributed by atoms with Crippen LogP contribution in [-0.4, -0.2) is 46.8 Å². The Kier molecular flexibility index (Phi) is 6.13. The molecule has 3 atom stereocenters. The number of piperidine rings is 2. The van der Waals surface area contributed by atoms with Crippen molar-refractivity contribution in [1.29, 1.82) is 0 Å². The number of aromatic nitrogens is 1. The first-order chi connectivity index (χ1) is 16.5. The number of aromatic carboxylic acids is 1. The van der Waals surface area contributed by atoms with Crippen LogP contribution in [0.3, 0.4) is 0 Å². The van der Waals surface area contributed by atoms with E-state index in [-0.39, 0.29) is 11.6 Å². The lowest BCUT2D eigenvalue weighted by Crippen LogP contribution is -2.60. The maximum atomic E-state index is 11.5. The highest BCUT2D eigenvalue weighted by molar-refractivity contribution is 5.88. The summed E-state index contributed by atoms with van der Waals surface area (Å²) in [4.78, 5) is 17.6. The van der Waals surface area contributed by atoms with E-state index in [0.717, 1.165) is 49.9 Å². The van der Waals surface area contributed by atoms with Crippen LogP contribution < -0.4 is 4.74 Å². The monoisotopic (exact) mass is 462 g/mol. The SMILES string of the molecule is CCO[C@H]1C[C@H]2CCCC(c3ccc(C(=O)O)cc3)(C1)N2Cc1c(OC)cc(C)c2[nH]ccc12. The van der Waals surface area contributed by atoms with E-state index in [1.54, 1.807) is 19.2 Å². The molecule has 5 rings (SSSR count). The van der Waals surface area contributed by atoms with Crippen LogP contribution in [0.4, 0.5) is 0 Å². The molecule has 0 spiro atoms. The molecule has 2 aliphatic rings. The van der Waals surface area contributed by atoms with Gasteiger partial charge in [0.25, 0.3) is 0 Å². The lowest BCUT2D eigenvalue weighted by atomic mass is 9.69. The molecule has 3 heterocycles. The summed E-state index contributed by atoms with van der Waals surface area (Å²) < 4.78 is 12.1. The molecule has 1 aromatic heterocycles. The summed E-state index contributed by atoms with van der Waals surface area (Å²) in [5.74, 6) is 0.0310. The summed E-state index contributed by atoms with van der Waals surface area (Å²) in [6.07, 6.45) is 7.47. The summed E-state index contributed by atoms with van der Waals surface area (Å²) in [6, 6.07) is 12.2. The van der Waals surface area contributed by atoms with E-state index in [2.05, 4.69) is 35.9 Å². The Labute approximate surface area is 200 Å². The number of methoxy groups -OCH3 is 1. The van der Waals surface area contributed by atoms with E-state index in [4.69, 9.17) is 9.47 Å². The van der Waals surface area contributed by atoms with Crippen molar-refractivity contribution >= 4 is 16.9 Å². The van der Waals surface area contributed by atoms with E-state index in [1.807, 2.05) is 18.3 Å². The lowest BCUT2D eigenvalue weighted by Gasteiger charge is -2.57. The fourth-order valence-electron chi connectivity index (χ4n) is 6.45. The number of fused-ring (bicyclic) bond motifs is 3. The first kappa shape index (κ1) is 22.9. The number of aryl methyl sites for hydroxylation is 1. The standard InChI is InChI=1S/C28H34N2O4/c1-4-34-22-15-21-6-5-12-28(16-22,20-9-7-19(8-10-20)27(31)32)30(21)17-24-23-11-13-29-26(23)18(2)14-25(24)33-3/h7-11,13-14,21-22,29H,4-6,12,15-17H2,1-3H3,(H,31,32)/t21-,22+,28?/m1/s1. The molecular weight excluding hydrogens is 428 g/mol. The molecule has 2 aromatic carbocycles. The average molecular weight is 463 g/mol. The molecule has 2 saturated heterocycles. The number of hydrogen-bond acceptors (Lipinski definition) is 4. The number of hydrogen-bond donors (Lipinski definition) is 2. The van der Waals surface area contributed by atoms with Gasteiger partial charge in [-0.15, -0.1) is 0 Å². The zero-order chi connectivity index (χ0) is 23.9. The van der Waals surface area contributed by atoms with Crippen LogP contribution in [0.1, 0.15) is 66.1 Å². The van der Waals surface area contributed by atoms with Gasteiger partial charge in [-0.05, 0) is 81.3 Å². The van der Waals surface area contributed by atoms with Gasteiger partial charge in [-0.3, -0.25) is 4.90 Å². The maximum absolute atomic E-state index is 11.5. The minimum absolute atomic E-state index is 0.198. The summed E-state index contributed by atoms with van der Waals surface area (Å²) in [7, 11) is 1.75. The molecule has 0 saturated carbocycles. The molecular formula is C28H34N2O4. The van der Waals surface area contributed by atoms with Crippen molar-refractivity contribution in [2.24, 2.45) is 0 Å². The zero-order valence-corrected chi connectivity index (χ0v) is 20.3. The van der Waals surface area contributed by atoms with Gasteiger partial charge in [0.1, 0.15) is 5.75 Å². The first-order valence-electron chi connectivity index (χ1n) is 12.3. The minimum atomic E-state index is -0.891. The van der Waals surface area contributed by atoms with E-state index >= 15 is 0 Å². The van der Waals surface area contributed by atoms with E-state index < -0.39 is 5.97 Å². The third kappa shape index (κ3) is 3.79. The Bertz CT molecular complexity index is 1190. The predicted molar refractivity (Wildman–Crippen MR) is 132 cm³/mol. The van der Waals surface area contributed by atoms with Crippen molar-refractivity contribution in [2.75, 3.05) is 13.7 Å². The molecule has 6 heteroatoms. The normalized spacial score (nSPS) is 24.9. The Balaban J connectivity index is 1.61. The molecule has 2 bridgehead atoms. The Morgan fingerprint density at radius 2 is 2.06 bits per heavy atom. The molecule has 6 nitrogen and oxygen atoms in total. The molecule has 0 aliphatic carbocycles. The highest BCUT2D eigenvalue weighted by atomic mass is 16.5. The number of nitrogens with one attached hydrogen (secondary N) is 1. The van der Waals surface area contributed by atoms with Crippen molar-refractivity contribution in [3.8, 4) is 5.75 Å². The number of carboxylic acid groups (broad SMARTS) is 1. The van der Waals surface area contributed by atoms with Gasteiger partial charge in [0, 0.05) is 47.4 Å². The van der Waals surface area contributed by atoms with Gasteiger partial charge in [0.15, 0.2) is 0 Å². The predicted octanol–water partition coefficient (Wildman–Crippen LogP) is 5.63. The van der Waals surface area contributed by atoms with Gasteiger partial charge >= 0.3 is 5.97 Å². The third-order valence-electron chi connectivity index (χ3n) is 7.95. The Morgan fingerprint density at radius 1 is 1.26 bits per heavy atom. The fourth-order valence-corrected chi connectivity index (χ4v) is 6.45. The van der Waals surface area contributed by atoms with Gasteiger partial charge < -0.3 is 19.6 Å². The van der Waals surface area contributed by atoms with Gasteiger partial charge in [-0.1, -0.05) is 12.1 Å². The number of ether oxygens (including phenoxy) is 2. The summed E-state index contributed by atoms with van der Waals surface area (Å²) >= 11 is 0. The molecule has 3 aromatic rings. The van der Waals surface area contributed by atoms with E-state index in [0.29, 0.717) is 18.2 Å². The highest BCUT2D eigenvalue weighted by Gasteiger charge is 2.50. The van der Waals surface area contributed by atoms with Gasteiger partial charge in [-0.2, -0.15) is 0 Å². The van der Waals surface area contributed by atoms with Crippen LogP contribution in [0.25, 0.3) is 10.9 Å². The number of benzene rings is 2. The fraction of sp³-hybridized carbons (Fsp3) is 0.464. The van der Waals surface area contributed by atoms with Crippen molar-refractivity contribution < 1.29 is 19.4 Å². The van der Waals surface area contributed by atoms with Crippen molar-refractivity contribution in [3.63, 3.8) is 0 Å². The first-order valence-corrected chi connectivity index (χ1v) is 12.3. The summed E-state index contributed by atoms with van der Waals surface area (Å²) in [5, 5.41) is 10.6. The molecule has 34 heavy (non-hydrogen) atoms. The average Bonchev–Trinajstić information content (AvgIpc) is 3.32. The number of rotatable bonds is 7. The highest BCUT2D eigenvalue weighted by Crippen LogP contribution is 2.51. The quantitative estimate of drug-likeness (QED) is 0.476. The van der Waals surface area contributed by atoms with Crippen LogP contribution in [0, 0.1) is 6.92 Å². The number of H-pyrrole nitrogens is 1. The Hall–Kier alpha value is -2.83. The second-order valence-electron chi connectivity index (χ2n) is 9.75. The second-order valence-corrected chi connectivity index (χ2v) is 9.75. The zero-order valence-electron chi connectivity index (χ0n) is 20.3. The van der Waals surface area contributed by atoms with Crippen LogP contribution in [-0.2, 0) is 16.8 Å². The maximum Gasteiger partial charge on any atom is 0.335 e. The third-order valence-corrected chi connectivity index (χ3v) is 7.95. The van der Waals surface area contributed by atoms with Crippen molar-refractivity contribution in [2.45, 2.75) is 70.2 Å². The topological polar surface area (TPSA) is 74.8 Å². The molecule has 1 unspecified atom stereocenters. The summed E-state index contributed by atoms with van der Waals surface area (Å²) in [6.45, 7) is 5.67. The largest absolute Gasteiger partial charge is 0.496 e. The number of carbonyl (C=O) groups is 1. The van der Waals surface area contributed by atoms with Crippen LogP contribution in [0.2, 0.25) is 0 Å². The van der Waals surface area contributed by atoms with Crippen LogP contribution in [0.5, 0.6) is 5.75 Å². The van der Waals surface area contributed by atoms with E-state index in [1.165, 1.54) is 22.1 Å². The van der Waals surface area contributed by atoms with Gasteiger partial charge in [0.2, 0.25) is 0 Å². The molecule has 2 N–H and O–H groups in total. The minimum Gasteiger partial charge on any atom is -0.496 e. The second kappa shape index (κ2) is 9.08. The van der Waals surface area contributed by atoms with E-state index in [9.17, 15) is 9.90 Å². The smallest absolute Gasteiger partial charge is 0.335 e. The van der Waals surface area contributed by atoms with Crippen LogP contribution in [0.15, 0.2) is 42.6 Å². The van der Waals surface area contributed by atoms with Gasteiger partial charge in [0.05, 0.1) is 18.8 Å². The van der Waals surface area contributed by atoms with Crippen LogP contribution >= 0.6 is 0 Å². The number of nitrogens with zero attached hydrogens (tertiary/aromatic N) is 1.